The minimum atomic E-state index is -2.81. The molecule has 0 aromatic rings. The Bertz CT molecular complexity index is 383. The van der Waals surface area contributed by atoms with Gasteiger partial charge in [0.15, 0.2) is 12.5 Å². The lowest BCUT2D eigenvalue weighted by molar-refractivity contribution is -0.136. The molecule has 0 aromatic heterocycles. The van der Waals surface area contributed by atoms with Gasteiger partial charge in [0.2, 0.25) is 5.67 Å². The van der Waals surface area contributed by atoms with Crippen molar-refractivity contribution in [1.29, 1.82) is 0 Å². The second kappa shape index (κ2) is 5.00. The minimum Gasteiger partial charge on any atom is -0.394 e. The molecule has 2 rings (SSSR count). The Kier molecular flexibility index (Phi) is 3.72. The number of hydrogen-bond acceptors (Lipinski definition) is 6. The van der Waals surface area contributed by atoms with Crippen LogP contribution >= 0.6 is 0 Å². The fourth-order valence-electron chi connectivity index (χ4n) is 2.24. The van der Waals surface area contributed by atoms with Crippen LogP contribution in [0.4, 0.5) is 9.18 Å². The average Bonchev–Trinajstić information content (AvgIpc) is 2.63. The number of ether oxygens (including phenoxy) is 1. The first-order chi connectivity index (χ1) is 8.93. The maximum Gasteiger partial charge on any atom is 0.321 e. The Labute approximate surface area is 107 Å². The number of nitrogens with one attached hydrogen (secondary N) is 1. The van der Waals surface area contributed by atoms with Crippen LogP contribution in [0.2, 0.25) is 0 Å². The number of halogens is 1. The maximum absolute atomic E-state index is 14.5. The van der Waals surface area contributed by atoms with E-state index in [1.807, 2.05) is 0 Å². The van der Waals surface area contributed by atoms with Crippen molar-refractivity contribution in [2.75, 3.05) is 13.2 Å². The molecule has 2 amide bonds. The average molecular weight is 278 g/mol. The molecular weight excluding hydrogens is 263 g/mol. The minimum absolute atomic E-state index is 0.0396. The number of aldehydes is 1. The molecule has 0 saturated carbocycles. The summed E-state index contributed by atoms with van der Waals surface area (Å²) in [7, 11) is 0. The Morgan fingerprint density at radius 3 is 2.79 bits per heavy atom. The fraction of sp³-hybridized carbons (Fsp3) is 0.800. The molecule has 2 aliphatic rings. The van der Waals surface area contributed by atoms with Gasteiger partial charge in [-0.2, -0.15) is 0 Å². The number of urea groups is 1. The maximum atomic E-state index is 14.5. The van der Waals surface area contributed by atoms with Crippen molar-refractivity contribution in [3.63, 3.8) is 0 Å². The third-order valence-electron chi connectivity index (χ3n) is 3.33. The second-order valence-electron chi connectivity index (χ2n) is 4.55. The molecule has 2 unspecified atom stereocenters. The van der Waals surface area contributed by atoms with Crippen molar-refractivity contribution < 1.29 is 34.0 Å². The Morgan fingerprint density at radius 2 is 2.26 bits per heavy atom. The van der Waals surface area contributed by atoms with Gasteiger partial charge in [-0.25, -0.2) is 9.18 Å². The van der Waals surface area contributed by atoms with E-state index in [2.05, 4.69) is 5.32 Å². The van der Waals surface area contributed by atoms with Crippen LogP contribution in [0, 0.1) is 0 Å². The van der Waals surface area contributed by atoms with E-state index in [0.717, 1.165) is 4.90 Å². The zero-order valence-electron chi connectivity index (χ0n) is 9.90. The summed E-state index contributed by atoms with van der Waals surface area (Å²) in [6.07, 6.45) is -5.84. The summed E-state index contributed by atoms with van der Waals surface area (Å²) in [6.45, 7) is -0.725. The standard InChI is InChI=1S/C10H15FN2O6/c11-10(4-15)7(17)5(3-14)19-8(10)13-2-1-6(16)12-9(13)18/h4-8,14,16-17H,1-3H2,(H,12,18)/t5-,6?,7-,8?,10+/m1/s1. The van der Waals surface area contributed by atoms with Crippen LogP contribution in [0.5, 0.6) is 0 Å². The summed E-state index contributed by atoms with van der Waals surface area (Å²) in [6, 6.07) is -0.807. The predicted molar refractivity (Wildman–Crippen MR) is 57.5 cm³/mol. The van der Waals surface area contributed by atoms with E-state index in [9.17, 15) is 24.2 Å². The van der Waals surface area contributed by atoms with Crippen molar-refractivity contribution in [2.24, 2.45) is 0 Å². The van der Waals surface area contributed by atoms with Gasteiger partial charge in [-0.15, -0.1) is 0 Å². The molecule has 9 heteroatoms. The summed E-state index contributed by atoms with van der Waals surface area (Å²) >= 11 is 0. The lowest BCUT2D eigenvalue weighted by Gasteiger charge is -2.37. The molecule has 108 valence electrons. The molecule has 19 heavy (non-hydrogen) atoms. The van der Waals surface area contributed by atoms with Crippen molar-refractivity contribution in [1.82, 2.24) is 10.2 Å². The molecule has 8 nitrogen and oxygen atoms in total. The number of amides is 2. The van der Waals surface area contributed by atoms with E-state index in [1.54, 1.807) is 0 Å². The third kappa shape index (κ3) is 2.18. The van der Waals surface area contributed by atoms with Crippen LogP contribution in [0.1, 0.15) is 6.42 Å². The van der Waals surface area contributed by atoms with Gasteiger partial charge in [0.25, 0.3) is 0 Å². The fourth-order valence-corrected chi connectivity index (χ4v) is 2.24. The molecule has 0 radical (unpaired) electrons. The summed E-state index contributed by atoms with van der Waals surface area (Å²) in [5, 5.41) is 30.0. The summed E-state index contributed by atoms with van der Waals surface area (Å²) in [5.41, 5.74) is -2.81. The topological polar surface area (TPSA) is 119 Å². The monoisotopic (exact) mass is 278 g/mol. The number of aliphatic hydroxyl groups is 3. The molecule has 0 aromatic carbocycles. The van der Waals surface area contributed by atoms with Crippen molar-refractivity contribution in [3.8, 4) is 0 Å². The van der Waals surface area contributed by atoms with Gasteiger partial charge in [0.1, 0.15) is 18.4 Å². The summed E-state index contributed by atoms with van der Waals surface area (Å²) in [5.74, 6) is 0. The van der Waals surface area contributed by atoms with E-state index in [1.165, 1.54) is 0 Å². The van der Waals surface area contributed by atoms with E-state index >= 15 is 0 Å². The largest absolute Gasteiger partial charge is 0.394 e. The first kappa shape index (κ1) is 14.1. The Hall–Kier alpha value is -1.29. The van der Waals surface area contributed by atoms with Gasteiger partial charge in [0, 0.05) is 13.0 Å². The van der Waals surface area contributed by atoms with Gasteiger partial charge in [-0.1, -0.05) is 0 Å². The van der Waals surface area contributed by atoms with Crippen LogP contribution in [0.3, 0.4) is 0 Å². The van der Waals surface area contributed by atoms with Crippen LogP contribution in [0.25, 0.3) is 0 Å². The number of rotatable bonds is 3. The molecule has 2 fully saturated rings. The number of hydrogen-bond donors (Lipinski definition) is 4. The first-order valence-corrected chi connectivity index (χ1v) is 5.79. The Morgan fingerprint density at radius 1 is 1.58 bits per heavy atom. The molecule has 2 aliphatic heterocycles. The number of nitrogens with zero attached hydrogens (tertiary/aromatic N) is 1. The van der Waals surface area contributed by atoms with Gasteiger partial charge >= 0.3 is 6.03 Å². The molecule has 4 N–H and O–H groups in total. The molecular formula is C10H15FN2O6. The lowest BCUT2D eigenvalue weighted by Crippen LogP contribution is -2.61. The van der Waals surface area contributed by atoms with Crippen molar-refractivity contribution >= 4 is 12.3 Å². The van der Waals surface area contributed by atoms with Gasteiger partial charge in [-0.05, 0) is 0 Å². The van der Waals surface area contributed by atoms with Crippen LogP contribution in [-0.4, -0.2) is 76.0 Å². The normalized spacial score (nSPS) is 43.2. The van der Waals surface area contributed by atoms with Crippen LogP contribution in [0.15, 0.2) is 0 Å². The summed E-state index contributed by atoms with van der Waals surface area (Å²) in [4.78, 5) is 23.4. The zero-order chi connectivity index (χ0) is 14.2. The number of alkyl halides is 1. The lowest BCUT2D eigenvalue weighted by atomic mass is 9.97. The highest BCUT2D eigenvalue weighted by Crippen LogP contribution is 2.35. The zero-order valence-corrected chi connectivity index (χ0v) is 9.90. The van der Waals surface area contributed by atoms with Crippen LogP contribution in [-0.2, 0) is 9.53 Å². The highest BCUT2D eigenvalue weighted by Gasteiger charge is 2.60. The van der Waals surface area contributed by atoms with Gasteiger partial charge < -0.3 is 25.4 Å². The van der Waals surface area contributed by atoms with Gasteiger partial charge in [-0.3, -0.25) is 9.69 Å². The number of carbonyl (C=O) groups is 2. The highest BCUT2D eigenvalue weighted by atomic mass is 19.1. The van der Waals surface area contributed by atoms with Gasteiger partial charge in [0.05, 0.1) is 6.61 Å². The smallest absolute Gasteiger partial charge is 0.321 e. The molecule has 2 heterocycles. The van der Waals surface area contributed by atoms with Crippen molar-refractivity contribution in [2.45, 2.75) is 36.8 Å². The molecule has 0 spiro atoms. The van der Waals surface area contributed by atoms with E-state index in [4.69, 9.17) is 9.84 Å². The molecule has 2 saturated heterocycles. The summed E-state index contributed by atoms with van der Waals surface area (Å²) < 4.78 is 19.5. The quantitative estimate of drug-likeness (QED) is 0.431. The third-order valence-corrected chi connectivity index (χ3v) is 3.33. The van der Waals surface area contributed by atoms with E-state index in [-0.39, 0.29) is 19.3 Å². The highest BCUT2D eigenvalue weighted by molar-refractivity contribution is 5.77. The molecule has 5 atom stereocenters. The molecule has 0 aliphatic carbocycles. The van der Waals surface area contributed by atoms with E-state index in [0.29, 0.717) is 0 Å². The van der Waals surface area contributed by atoms with E-state index < -0.39 is 43.0 Å². The predicted octanol–water partition coefficient (Wildman–Crippen LogP) is -2.29. The van der Waals surface area contributed by atoms with Crippen molar-refractivity contribution in [3.05, 3.63) is 0 Å². The second-order valence-corrected chi connectivity index (χ2v) is 4.55. The SMILES string of the molecule is O=C[C@@]1(F)C(N2CCC(O)NC2=O)O[C@H](CO)[C@H]1O. The molecule has 0 bridgehead atoms. The van der Waals surface area contributed by atoms with Crippen LogP contribution < -0.4 is 5.32 Å². The number of carbonyl (C=O) groups excluding carboxylic acids is 2. The number of aliphatic hydroxyl groups excluding tert-OH is 3. The Balaban J connectivity index is 2.23. The first-order valence-electron chi connectivity index (χ1n) is 5.79.